The molecule has 0 radical (unpaired) electrons. The topological polar surface area (TPSA) is 90.4 Å². The molecular weight excluding hydrogens is 1370 g/mol. The van der Waals surface area contributed by atoms with Crippen LogP contribution in [0.2, 0.25) is 0 Å². The molecule has 0 amide bonds. The van der Waals surface area contributed by atoms with E-state index in [2.05, 4.69) is 181 Å². The van der Waals surface area contributed by atoms with Gasteiger partial charge in [-0.05, 0) is 212 Å². The highest BCUT2D eigenvalue weighted by Crippen LogP contribution is 2.34. The summed E-state index contributed by atoms with van der Waals surface area (Å²) < 4.78 is 88.0. The van der Waals surface area contributed by atoms with Gasteiger partial charge in [-0.2, -0.15) is 8.75 Å². The van der Waals surface area contributed by atoms with E-state index in [9.17, 15) is 13.2 Å². The van der Waals surface area contributed by atoms with Gasteiger partial charge in [0, 0.05) is 28.3 Å². The van der Waals surface area contributed by atoms with Gasteiger partial charge < -0.3 is 71.5 Å². The number of nitrogens with zero attached hydrogens (tertiary/aromatic N) is 4. The molecule has 0 saturated carbocycles. The Morgan fingerprint density at radius 3 is 1.17 bits per heavy atom. The molecule has 0 unspecified atom stereocenters. The number of ether oxygens (including phenoxy) is 7. The molecule has 8 aromatic rings. The fourth-order valence-electron chi connectivity index (χ4n) is 9.55. The molecule has 0 fully saturated rings. The fourth-order valence-corrected chi connectivity index (χ4v) is 11.2. The third-order valence-electron chi connectivity index (χ3n) is 15.8. The van der Waals surface area contributed by atoms with E-state index in [1.807, 2.05) is 57.2 Å². The summed E-state index contributed by atoms with van der Waals surface area (Å²) in [6.07, 6.45) is 2.17. The SMILES string of the molecule is CCCOCCOCCOc1cc(C)c(OCCOCCOCC[N+](C)(C)C)cc1C.CC[N+](CC)(CC)CCCOc1c(C)sc(C)c1C.Cc1cc(C)cc(F)c1.Cc1cc(F)c(C)cc1F.Cc1ccc(C)c2nsnc12.Cc1ccc(C)cc1.Cc1cccc(C)c1.[Br-].[Cl-]. The number of aryl methyl sites for hydroxylation is 14. The second-order valence-corrected chi connectivity index (χ2v) is 27.5. The number of hydrogen-bond donors (Lipinski definition) is 0. The highest BCUT2D eigenvalue weighted by molar-refractivity contribution is 7.12. The molecule has 0 N–H and O–H groups in total. The summed E-state index contributed by atoms with van der Waals surface area (Å²) in [6.45, 7) is 51.7. The molecule has 0 aliphatic heterocycles. The van der Waals surface area contributed by atoms with Crippen molar-refractivity contribution in [2.24, 2.45) is 0 Å². The smallest absolute Gasteiger partial charge is 0.136 e. The molecule has 0 bridgehead atoms. The number of halogens is 5. The molecule has 6 aromatic carbocycles. The first kappa shape index (κ1) is 92.6. The number of quaternary nitrogens is 2. The average molecular weight is 1490 g/mol. The summed E-state index contributed by atoms with van der Waals surface area (Å²) in [4.78, 5) is 2.70. The number of thiophene rings is 1. The predicted molar refractivity (Wildman–Crippen MR) is 399 cm³/mol. The number of benzene rings is 6. The van der Waals surface area contributed by atoms with Crippen molar-refractivity contribution < 1.29 is 84.7 Å². The van der Waals surface area contributed by atoms with Crippen molar-refractivity contribution in [1.29, 1.82) is 0 Å². The predicted octanol–water partition coefficient (Wildman–Crippen LogP) is 13.5. The fraction of sp³-hybridized carbons (Fsp3) is 0.500. The maximum Gasteiger partial charge on any atom is 0.136 e. The van der Waals surface area contributed by atoms with Crippen LogP contribution in [-0.4, -0.2) is 144 Å². The van der Waals surface area contributed by atoms with Crippen LogP contribution in [0.25, 0.3) is 11.0 Å². The molecule has 548 valence electrons. The third-order valence-corrected chi connectivity index (χ3v) is 17.4. The van der Waals surface area contributed by atoms with Crippen LogP contribution in [0.3, 0.4) is 0 Å². The zero-order valence-electron chi connectivity index (χ0n) is 63.4. The first-order valence-corrected chi connectivity index (χ1v) is 35.5. The maximum atomic E-state index is 12.6. The largest absolute Gasteiger partial charge is 1.00 e. The Balaban J connectivity index is 0.00000120. The lowest BCUT2D eigenvalue weighted by molar-refractivity contribution is -0.923. The molecule has 18 heteroatoms. The van der Waals surface area contributed by atoms with Gasteiger partial charge in [-0.3, -0.25) is 0 Å². The first-order chi connectivity index (χ1) is 45.5. The number of likely N-dealkylation sites (N-methyl/N-ethyl adjacent to an activating group) is 1. The second-order valence-electron chi connectivity index (χ2n) is 25.6. The number of aromatic nitrogens is 2. The first-order valence-electron chi connectivity index (χ1n) is 33.9. The van der Waals surface area contributed by atoms with Crippen molar-refractivity contribution in [2.75, 3.05) is 127 Å². The van der Waals surface area contributed by atoms with E-state index in [-0.39, 0.29) is 46.8 Å². The van der Waals surface area contributed by atoms with Gasteiger partial charge in [0.15, 0.2) is 0 Å². The number of hydrogen-bond acceptors (Lipinski definition) is 11. The highest BCUT2D eigenvalue weighted by Gasteiger charge is 2.20. The molecular formula is C80H119BrClF3N4O7S2. The van der Waals surface area contributed by atoms with Crippen molar-refractivity contribution in [2.45, 2.75) is 144 Å². The molecule has 0 saturated heterocycles. The molecule has 0 atom stereocenters. The zero-order chi connectivity index (χ0) is 71.8. The van der Waals surface area contributed by atoms with Gasteiger partial charge in [-0.25, -0.2) is 13.2 Å². The lowest BCUT2D eigenvalue weighted by Gasteiger charge is -2.35. The summed E-state index contributed by atoms with van der Waals surface area (Å²) in [5.41, 5.74) is 15.9. The summed E-state index contributed by atoms with van der Waals surface area (Å²) in [5.74, 6) is 2.00. The average Bonchev–Trinajstić information content (AvgIpc) is 1.69. The van der Waals surface area contributed by atoms with E-state index in [0.717, 1.165) is 94.2 Å². The Hall–Kier alpha value is -5.44. The minimum absolute atomic E-state index is 0. The number of rotatable bonds is 27. The summed E-state index contributed by atoms with van der Waals surface area (Å²) >= 11 is 3.13. The van der Waals surface area contributed by atoms with E-state index in [4.69, 9.17) is 33.2 Å². The molecule has 0 aliphatic carbocycles. The van der Waals surface area contributed by atoms with Gasteiger partial charge >= 0.3 is 0 Å². The lowest BCUT2D eigenvalue weighted by atomic mass is 10.1. The minimum atomic E-state index is -0.348. The van der Waals surface area contributed by atoms with Crippen LogP contribution in [0.5, 0.6) is 17.2 Å². The van der Waals surface area contributed by atoms with E-state index in [1.165, 1.54) is 129 Å². The van der Waals surface area contributed by atoms with Crippen LogP contribution < -0.4 is 43.6 Å². The van der Waals surface area contributed by atoms with E-state index < -0.39 is 0 Å². The quantitative estimate of drug-likeness (QED) is 0.0369. The van der Waals surface area contributed by atoms with Crippen LogP contribution in [0.4, 0.5) is 13.2 Å². The van der Waals surface area contributed by atoms with Crippen molar-refractivity contribution in [3.8, 4) is 17.2 Å². The zero-order valence-corrected chi connectivity index (χ0v) is 67.4. The molecule has 2 heterocycles. The van der Waals surface area contributed by atoms with Crippen LogP contribution in [-0.2, 0) is 18.9 Å². The van der Waals surface area contributed by atoms with Crippen LogP contribution in [0.15, 0.2) is 103 Å². The van der Waals surface area contributed by atoms with Gasteiger partial charge in [0.25, 0.3) is 0 Å². The van der Waals surface area contributed by atoms with Crippen molar-refractivity contribution in [3.05, 3.63) is 203 Å². The Kier molecular flexibility index (Phi) is 48.0. The lowest BCUT2D eigenvalue weighted by Crippen LogP contribution is -3.00. The van der Waals surface area contributed by atoms with E-state index >= 15 is 0 Å². The minimum Gasteiger partial charge on any atom is -1.00 e. The molecule has 11 nitrogen and oxygen atoms in total. The normalized spacial score (nSPS) is 10.6. The Morgan fingerprint density at radius 1 is 0.398 bits per heavy atom. The van der Waals surface area contributed by atoms with E-state index in [0.29, 0.717) is 64.0 Å². The summed E-state index contributed by atoms with van der Waals surface area (Å²) in [7, 11) is 6.46. The van der Waals surface area contributed by atoms with Gasteiger partial charge in [0.2, 0.25) is 0 Å². The summed E-state index contributed by atoms with van der Waals surface area (Å²) in [5, 5.41) is 0. The van der Waals surface area contributed by atoms with Crippen molar-refractivity contribution >= 4 is 34.1 Å². The summed E-state index contributed by atoms with van der Waals surface area (Å²) in [6, 6.07) is 32.5. The van der Waals surface area contributed by atoms with Crippen molar-refractivity contribution in [3.63, 3.8) is 0 Å². The van der Waals surface area contributed by atoms with Gasteiger partial charge in [-0.1, -0.05) is 95.9 Å². The Bertz CT molecular complexity index is 3270. The molecule has 98 heavy (non-hydrogen) atoms. The van der Waals surface area contributed by atoms with E-state index in [1.54, 1.807) is 0 Å². The van der Waals surface area contributed by atoms with Gasteiger partial charge in [-0.15, -0.1) is 11.3 Å². The van der Waals surface area contributed by atoms with Gasteiger partial charge in [0.1, 0.15) is 65.5 Å². The van der Waals surface area contributed by atoms with Crippen LogP contribution in [0.1, 0.15) is 123 Å². The highest BCUT2D eigenvalue weighted by atomic mass is 79.9. The monoisotopic (exact) mass is 1480 g/mol. The molecule has 2 aromatic heterocycles. The standard InChI is InChI=1S/C24H44NO6.C16H30NOS.C8H8F2.C8H9F.C8H8N2S.2C8H10.BrH.ClH/c1-7-9-26-11-13-28-15-17-30-23-19-22(3)24(20-21(23)2)31-18-16-29-14-12-27-10-8-25(4,5)6;1-7-17(8-2,9-3)11-10-12-18-16-13(4)14(5)19-15(16)6;1-5-3-8(10)6(2)4-7(5)9;1-6-3-7(2)5-8(9)4-6;1-5-3-4-6(2)8-7(5)9-11-10-8;1-7-3-5-8(2)6-4-7;1-7-4-3-5-8(2)6-7;;/h19-20H,7-18H2,1-6H3;7-12H2,1-6H3;3-4H,1-2H3;3-5H,1-2H3;3-4H,1-2H3;2*3-6H,1-2H3;2*1H/q2*+1;;;;;;;/p-2. The Morgan fingerprint density at radius 2 is 0.806 bits per heavy atom. The molecule has 0 spiro atoms. The maximum absolute atomic E-state index is 12.6. The molecule has 0 aliphatic rings. The van der Waals surface area contributed by atoms with Crippen molar-refractivity contribution in [1.82, 2.24) is 8.75 Å². The van der Waals surface area contributed by atoms with Crippen LogP contribution >= 0.6 is 23.1 Å². The van der Waals surface area contributed by atoms with Gasteiger partial charge in [0.05, 0.1) is 112 Å². The molecule has 8 rings (SSSR count). The second kappa shape index (κ2) is 50.8. The Labute approximate surface area is 614 Å². The number of fused-ring (bicyclic) bond motifs is 1. The van der Waals surface area contributed by atoms with Crippen LogP contribution in [0, 0.1) is 121 Å². The third kappa shape index (κ3) is 38.4.